The van der Waals surface area contributed by atoms with Gasteiger partial charge in [-0.25, -0.2) is 4.98 Å². The molecule has 0 bridgehead atoms. The van der Waals surface area contributed by atoms with Crippen LogP contribution in [0.4, 0.5) is 5.69 Å². The molecule has 0 aliphatic carbocycles. The van der Waals surface area contributed by atoms with Crippen LogP contribution in [0, 0.1) is 0 Å². The zero-order valence-corrected chi connectivity index (χ0v) is 12.6. The van der Waals surface area contributed by atoms with Gasteiger partial charge in [-0.2, -0.15) is 0 Å². The zero-order chi connectivity index (χ0) is 15.9. The van der Waals surface area contributed by atoms with Gasteiger partial charge in [-0.05, 0) is 37.3 Å². The van der Waals surface area contributed by atoms with Crippen molar-refractivity contribution in [2.24, 2.45) is 5.73 Å². The van der Waals surface area contributed by atoms with Gasteiger partial charge >= 0.3 is 0 Å². The van der Waals surface area contributed by atoms with Crippen LogP contribution in [0.15, 0.2) is 42.6 Å². The molecule has 6 heteroatoms. The lowest BCUT2D eigenvalue weighted by atomic mass is 10.2. The molecular weight excluding hydrogens is 282 g/mol. The Morgan fingerprint density at radius 1 is 1.23 bits per heavy atom. The van der Waals surface area contributed by atoms with Crippen LogP contribution < -0.4 is 20.5 Å². The second kappa shape index (κ2) is 7.42. The Morgan fingerprint density at radius 2 is 1.91 bits per heavy atom. The Kier molecular flexibility index (Phi) is 5.32. The second-order valence-corrected chi connectivity index (χ2v) is 4.89. The molecule has 6 nitrogen and oxygen atoms in total. The molecule has 116 valence electrons. The first kappa shape index (κ1) is 15.8. The number of nitrogens with zero attached hydrogens (tertiary/aromatic N) is 1. The number of aromatic nitrogens is 1. The number of anilines is 1. The maximum absolute atomic E-state index is 11.6. The van der Waals surface area contributed by atoms with Crippen molar-refractivity contribution in [2.75, 3.05) is 12.4 Å². The lowest BCUT2D eigenvalue weighted by Crippen LogP contribution is -2.23. The van der Waals surface area contributed by atoms with E-state index in [0.29, 0.717) is 17.3 Å². The highest BCUT2D eigenvalue weighted by molar-refractivity contribution is 5.90. The van der Waals surface area contributed by atoms with Crippen LogP contribution in [0.3, 0.4) is 0 Å². The second-order valence-electron chi connectivity index (χ2n) is 4.89. The predicted octanol–water partition coefficient (Wildman–Crippen LogP) is 2.56. The van der Waals surface area contributed by atoms with Gasteiger partial charge in [0, 0.05) is 18.5 Å². The molecule has 1 unspecified atom stereocenters. The number of amides is 1. The van der Waals surface area contributed by atoms with E-state index in [2.05, 4.69) is 10.3 Å². The number of pyridine rings is 1. The fourth-order valence-corrected chi connectivity index (χ4v) is 1.78. The highest BCUT2D eigenvalue weighted by atomic mass is 16.5. The third-order valence-electron chi connectivity index (χ3n) is 2.81. The summed E-state index contributed by atoms with van der Waals surface area (Å²) in [4.78, 5) is 15.7. The molecule has 1 atom stereocenters. The van der Waals surface area contributed by atoms with Gasteiger partial charge in [0.25, 0.3) is 0 Å². The van der Waals surface area contributed by atoms with Crippen LogP contribution in [-0.4, -0.2) is 24.0 Å². The van der Waals surface area contributed by atoms with Crippen LogP contribution >= 0.6 is 0 Å². The summed E-state index contributed by atoms with van der Waals surface area (Å²) in [7, 11) is 1.61. The quantitative estimate of drug-likeness (QED) is 0.856. The lowest BCUT2D eigenvalue weighted by Gasteiger charge is -2.08. The summed E-state index contributed by atoms with van der Waals surface area (Å²) in [5.74, 6) is 1.71. The summed E-state index contributed by atoms with van der Waals surface area (Å²) in [5, 5.41) is 2.73. The molecule has 22 heavy (non-hydrogen) atoms. The SMILES string of the molecule is COc1ccc(Oc2ccc(NC(=O)CC(C)N)cn2)cc1. The Morgan fingerprint density at radius 3 is 2.45 bits per heavy atom. The highest BCUT2D eigenvalue weighted by Crippen LogP contribution is 2.23. The molecule has 3 N–H and O–H groups in total. The van der Waals surface area contributed by atoms with Crippen molar-refractivity contribution in [3.8, 4) is 17.4 Å². The van der Waals surface area contributed by atoms with Crippen molar-refractivity contribution in [2.45, 2.75) is 19.4 Å². The largest absolute Gasteiger partial charge is 0.497 e. The minimum Gasteiger partial charge on any atom is -0.497 e. The van der Waals surface area contributed by atoms with Gasteiger partial charge in [-0.15, -0.1) is 0 Å². The first-order chi connectivity index (χ1) is 10.6. The first-order valence-corrected chi connectivity index (χ1v) is 6.90. The average molecular weight is 301 g/mol. The van der Waals surface area contributed by atoms with Gasteiger partial charge in [0.15, 0.2) is 0 Å². The number of nitrogens with one attached hydrogen (secondary N) is 1. The van der Waals surface area contributed by atoms with Gasteiger partial charge < -0.3 is 20.5 Å². The minimum absolute atomic E-state index is 0.138. The molecule has 0 spiro atoms. The molecule has 1 aromatic carbocycles. The van der Waals surface area contributed by atoms with E-state index in [1.807, 2.05) is 0 Å². The molecule has 2 rings (SSSR count). The third-order valence-corrected chi connectivity index (χ3v) is 2.81. The van der Waals surface area contributed by atoms with Crippen LogP contribution in [0.25, 0.3) is 0 Å². The van der Waals surface area contributed by atoms with E-state index >= 15 is 0 Å². The number of hydrogen-bond acceptors (Lipinski definition) is 5. The van der Waals surface area contributed by atoms with E-state index < -0.39 is 0 Å². The molecule has 0 radical (unpaired) electrons. The summed E-state index contributed by atoms with van der Waals surface area (Å²) >= 11 is 0. The van der Waals surface area contributed by atoms with Crippen LogP contribution in [-0.2, 0) is 4.79 Å². The predicted molar refractivity (Wildman–Crippen MR) is 84.2 cm³/mol. The molecule has 0 fully saturated rings. The number of hydrogen-bond donors (Lipinski definition) is 2. The Bertz CT molecular complexity index is 610. The van der Waals surface area contributed by atoms with Crippen molar-refractivity contribution in [3.05, 3.63) is 42.6 Å². The molecule has 0 saturated heterocycles. The molecule has 2 aromatic rings. The summed E-state index contributed by atoms with van der Waals surface area (Å²) in [6.07, 6.45) is 1.81. The van der Waals surface area contributed by atoms with E-state index in [0.717, 1.165) is 5.75 Å². The van der Waals surface area contributed by atoms with E-state index in [1.165, 1.54) is 6.20 Å². The lowest BCUT2D eigenvalue weighted by molar-refractivity contribution is -0.116. The fraction of sp³-hybridized carbons (Fsp3) is 0.250. The number of carbonyl (C=O) groups is 1. The zero-order valence-electron chi connectivity index (χ0n) is 12.6. The molecule has 0 saturated carbocycles. The van der Waals surface area contributed by atoms with E-state index in [1.54, 1.807) is 50.4 Å². The summed E-state index contributed by atoms with van der Waals surface area (Å²) in [5.41, 5.74) is 6.18. The number of ether oxygens (including phenoxy) is 2. The number of methoxy groups -OCH3 is 1. The van der Waals surface area contributed by atoms with Gasteiger partial charge in [-0.3, -0.25) is 4.79 Å². The summed E-state index contributed by atoms with van der Waals surface area (Å²) < 4.78 is 10.7. The average Bonchev–Trinajstić information content (AvgIpc) is 2.49. The van der Waals surface area contributed by atoms with E-state index in [4.69, 9.17) is 15.2 Å². The van der Waals surface area contributed by atoms with Crippen molar-refractivity contribution in [1.82, 2.24) is 4.98 Å². The van der Waals surface area contributed by atoms with Gasteiger partial charge in [0.2, 0.25) is 11.8 Å². The molecule has 0 aliphatic rings. The number of rotatable bonds is 6. The highest BCUT2D eigenvalue weighted by Gasteiger charge is 2.06. The van der Waals surface area contributed by atoms with Gasteiger partial charge in [-0.1, -0.05) is 0 Å². The van der Waals surface area contributed by atoms with Crippen LogP contribution in [0.5, 0.6) is 17.4 Å². The molecule has 0 aliphatic heterocycles. The van der Waals surface area contributed by atoms with Crippen molar-refractivity contribution >= 4 is 11.6 Å². The summed E-state index contributed by atoms with van der Waals surface area (Å²) in [6.45, 7) is 1.78. The van der Waals surface area contributed by atoms with Gasteiger partial charge in [0.1, 0.15) is 11.5 Å². The van der Waals surface area contributed by atoms with E-state index in [9.17, 15) is 4.79 Å². The molecular formula is C16H19N3O3. The number of nitrogens with two attached hydrogens (primary N) is 1. The molecule has 1 aromatic heterocycles. The summed E-state index contributed by atoms with van der Waals surface area (Å²) in [6, 6.07) is 10.4. The Balaban J connectivity index is 1.94. The topological polar surface area (TPSA) is 86.5 Å². The maximum atomic E-state index is 11.6. The normalized spacial score (nSPS) is 11.6. The maximum Gasteiger partial charge on any atom is 0.225 e. The monoisotopic (exact) mass is 301 g/mol. The fourth-order valence-electron chi connectivity index (χ4n) is 1.78. The Hall–Kier alpha value is -2.60. The van der Waals surface area contributed by atoms with Crippen LogP contribution in [0.2, 0.25) is 0 Å². The first-order valence-electron chi connectivity index (χ1n) is 6.90. The minimum atomic E-state index is -0.175. The van der Waals surface area contributed by atoms with Gasteiger partial charge in [0.05, 0.1) is 19.0 Å². The van der Waals surface area contributed by atoms with Crippen LogP contribution in [0.1, 0.15) is 13.3 Å². The van der Waals surface area contributed by atoms with E-state index in [-0.39, 0.29) is 18.4 Å². The smallest absolute Gasteiger partial charge is 0.225 e. The molecule has 1 amide bonds. The molecule has 1 heterocycles. The van der Waals surface area contributed by atoms with Crippen molar-refractivity contribution < 1.29 is 14.3 Å². The Labute approximate surface area is 129 Å². The standard InChI is InChI=1S/C16H19N3O3/c1-11(17)9-15(20)19-12-3-8-16(18-10-12)22-14-6-4-13(21-2)5-7-14/h3-8,10-11H,9,17H2,1-2H3,(H,19,20). The number of benzene rings is 1. The number of carbonyl (C=O) groups excluding carboxylic acids is 1. The van der Waals surface area contributed by atoms with Crippen molar-refractivity contribution in [1.29, 1.82) is 0 Å². The third kappa shape index (κ3) is 4.75. The van der Waals surface area contributed by atoms with Crippen molar-refractivity contribution in [3.63, 3.8) is 0 Å².